The molecule has 2 heterocycles. The largest absolute Gasteiger partial charge is 0.354 e. The van der Waals surface area contributed by atoms with Crippen molar-refractivity contribution >= 4 is 11.8 Å². The van der Waals surface area contributed by atoms with Gasteiger partial charge in [0.1, 0.15) is 11.6 Å². The van der Waals surface area contributed by atoms with E-state index in [1.807, 2.05) is 36.7 Å². The first kappa shape index (κ1) is 24.4. The van der Waals surface area contributed by atoms with Crippen LogP contribution in [0, 0.1) is 11.3 Å². The van der Waals surface area contributed by atoms with Gasteiger partial charge in [0.2, 0.25) is 0 Å². The molecule has 0 bridgehead atoms. The highest BCUT2D eigenvalue weighted by Crippen LogP contribution is 2.26. The molecule has 2 aliphatic heterocycles. The second-order valence-corrected chi connectivity index (χ2v) is 8.11. The molecule has 5 nitrogen and oxygen atoms in total. The Bertz CT molecular complexity index is 836. The van der Waals surface area contributed by atoms with E-state index in [0.29, 0.717) is 17.7 Å². The fraction of sp³-hybridized carbons (Fsp3) is 0.500. The summed E-state index contributed by atoms with van der Waals surface area (Å²) < 4.78 is 0. The molecule has 0 aromatic carbocycles. The molecular formula is C26H35N3O2. The molecule has 166 valence electrons. The lowest BCUT2D eigenvalue weighted by atomic mass is 9.94. The number of carbonyl (C=O) groups excluding carboxylic acids is 2. The fourth-order valence-electron chi connectivity index (χ4n) is 3.69. The summed E-state index contributed by atoms with van der Waals surface area (Å²) in [6.07, 6.45) is 20.5. The van der Waals surface area contributed by atoms with Gasteiger partial charge in [-0.25, -0.2) is 0 Å². The number of rotatable bonds is 11. The van der Waals surface area contributed by atoms with Crippen molar-refractivity contribution in [3.05, 3.63) is 59.0 Å². The van der Waals surface area contributed by atoms with Gasteiger partial charge in [-0.3, -0.25) is 14.5 Å². The predicted molar refractivity (Wildman–Crippen MR) is 124 cm³/mol. The number of carbonyl (C=O) groups is 2. The van der Waals surface area contributed by atoms with E-state index < -0.39 is 5.91 Å². The number of hydrogen-bond donors (Lipinski definition) is 0. The van der Waals surface area contributed by atoms with Crippen molar-refractivity contribution in [3.8, 4) is 6.07 Å². The number of amides is 2. The summed E-state index contributed by atoms with van der Waals surface area (Å²) in [4.78, 5) is 29.0. The van der Waals surface area contributed by atoms with Gasteiger partial charge in [-0.15, -0.1) is 0 Å². The number of hydrogen-bond acceptors (Lipinski definition) is 4. The lowest BCUT2D eigenvalue weighted by Gasteiger charge is -2.27. The molecule has 0 N–H and O–H groups in total. The Labute approximate surface area is 187 Å². The van der Waals surface area contributed by atoms with Gasteiger partial charge < -0.3 is 4.90 Å². The van der Waals surface area contributed by atoms with Gasteiger partial charge in [0.25, 0.3) is 11.8 Å². The summed E-state index contributed by atoms with van der Waals surface area (Å²) >= 11 is 0. The SMILES string of the molecule is CCCCCCN1C=CC(=C/C=C2\C(=O)N(CCCCCC)C(=O)C(C#N)=C2C)C=C1. The number of nitrogens with zero attached hydrogens (tertiary/aromatic N) is 3. The zero-order valence-corrected chi connectivity index (χ0v) is 19.2. The first-order chi connectivity index (χ1) is 15.0. The van der Waals surface area contributed by atoms with E-state index in [0.717, 1.165) is 37.8 Å². The highest BCUT2D eigenvalue weighted by molar-refractivity contribution is 6.18. The van der Waals surface area contributed by atoms with E-state index >= 15 is 0 Å². The Morgan fingerprint density at radius 2 is 1.48 bits per heavy atom. The van der Waals surface area contributed by atoms with E-state index in [-0.39, 0.29) is 11.5 Å². The quantitative estimate of drug-likeness (QED) is 0.249. The van der Waals surface area contributed by atoms with Gasteiger partial charge in [-0.05, 0) is 49.1 Å². The minimum Gasteiger partial charge on any atom is -0.354 e. The molecule has 2 amide bonds. The van der Waals surface area contributed by atoms with Crippen LogP contribution in [-0.2, 0) is 9.59 Å². The summed E-state index contributed by atoms with van der Waals surface area (Å²) in [5.41, 5.74) is 1.92. The molecule has 5 heteroatoms. The third-order valence-corrected chi connectivity index (χ3v) is 5.69. The third-order valence-electron chi connectivity index (χ3n) is 5.69. The minimum absolute atomic E-state index is 0.0627. The van der Waals surface area contributed by atoms with Gasteiger partial charge in [-0.1, -0.05) is 58.4 Å². The lowest BCUT2D eigenvalue weighted by molar-refractivity contribution is -0.140. The molecule has 0 fully saturated rings. The van der Waals surface area contributed by atoms with Gasteiger partial charge in [0, 0.05) is 31.1 Å². The van der Waals surface area contributed by atoms with Crippen LogP contribution in [0.15, 0.2) is 59.0 Å². The number of imide groups is 1. The molecule has 0 atom stereocenters. The molecule has 2 aliphatic rings. The van der Waals surface area contributed by atoms with Crippen molar-refractivity contribution in [1.82, 2.24) is 9.80 Å². The van der Waals surface area contributed by atoms with E-state index in [4.69, 9.17) is 0 Å². The molecule has 0 radical (unpaired) electrons. The molecule has 0 spiro atoms. The molecule has 0 saturated carbocycles. The summed E-state index contributed by atoms with van der Waals surface area (Å²) in [6, 6.07) is 2.00. The van der Waals surface area contributed by atoms with Crippen molar-refractivity contribution in [2.75, 3.05) is 13.1 Å². The van der Waals surface area contributed by atoms with Crippen molar-refractivity contribution in [2.45, 2.75) is 72.1 Å². The first-order valence-electron chi connectivity index (χ1n) is 11.5. The maximum Gasteiger partial charge on any atom is 0.271 e. The monoisotopic (exact) mass is 421 g/mol. The molecule has 0 aromatic rings. The van der Waals surface area contributed by atoms with Crippen molar-refractivity contribution in [1.29, 1.82) is 5.26 Å². The predicted octanol–water partition coefficient (Wildman–Crippen LogP) is 5.55. The maximum atomic E-state index is 13.0. The fourth-order valence-corrected chi connectivity index (χ4v) is 3.69. The number of nitriles is 1. The zero-order valence-electron chi connectivity index (χ0n) is 19.2. The van der Waals surface area contributed by atoms with Crippen LogP contribution in [0.4, 0.5) is 0 Å². The summed E-state index contributed by atoms with van der Waals surface area (Å²) in [5.74, 6) is -0.779. The average Bonchev–Trinajstić information content (AvgIpc) is 2.77. The topological polar surface area (TPSA) is 64.4 Å². The van der Waals surface area contributed by atoms with Gasteiger partial charge in [-0.2, -0.15) is 5.26 Å². The van der Waals surface area contributed by atoms with Gasteiger partial charge in [0.05, 0.1) is 0 Å². The Hall–Kier alpha value is -2.87. The molecule has 2 rings (SSSR count). The highest BCUT2D eigenvalue weighted by Gasteiger charge is 2.34. The van der Waals surface area contributed by atoms with Crippen LogP contribution in [0.5, 0.6) is 0 Å². The van der Waals surface area contributed by atoms with E-state index in [2.05, 4.69) is 18.7 Å². The maximum absolute atomic E-state index is 13.0. The van der Waals surface area contributed by atoms with Crippen LogP contribution in [0.2, 0.25) is 0 Å². The van der Waals surface area contributed by atoms with Crippen molar-refractivity contribution in [2.24, 2.45) is 0 Å². The van der Waals surface area contributed by atoms with Crippen molar-refractivity contribution < 1.29 is 9.59 Å². The normalized spacial score (nSPS) is 17.7. The summed E-state index contributed by atoms with van der Waals surface area (Å²) in [6.45, 7) is 7.36. The van der Waals surface area contributed by atoms with Gasteiger partial charge in [0.15, 0.2) is 0 Å². The van der Waals surface area contributed by atoms with Crippen LogP contribution in [0.25, 0.3) is 0 Å². The highest BCUT2D eigenvalue weighted by atomic mass is 16.2. The van der Waals surface area contributed by atoms with Crippen LogP contribution < -0.4 is 0 Å². The van der Waals surface area contributed by atoms with Crippen LogP contribution >= 0.6 is 0 Å². The Morgan fingerprint density at radius 3 is 2.06 bits per heavy atom. The molecule has 31 heavy (non-hydrogen) atoms. The van der Waals surface area contributed by atoms with E-state index in [1.54, 1.807) is 13.0 Å². The van der Waals surface area contributed by atoms with Crippen LogP contribution in [0.1, 0.15) is 72.1 Å². The lowest BCUT2D eigenvalue weighted by Crippen LogP contribution is -2.43. The Balaban J connectivity index is 2.11. The average molecular weight is 422 g/mol. The molecular weight excluding hydrogens is 386 g/mol. The van der Waals surface area contributed by atoms with Crippen LogP contribution in [0.3, 0.4) is 0 Å². The zero-order chi connectivity index (χ0) is 22.6. The number of unbranched alkanes of at least 4 members (excludes halogenated alkanes) is 6. The molecule has 0 saturated heterocycles. The molecule has 0 unspecified atom stereocenters. The van der Waals surface area contributed by atoms with Crippen LogP contribution in [-0.4, -0.2) is 34.7 Å². The molecule has 0 aliphatic carbocycles. The van der Waals surface area contributed by atoms with Gasteiger partial charge >= 0.3 is 0 Å². The van der Waals surface area contributed by atoms with Crippen molar-refractivity contribution in [3.63, 3.8) is 0 Å². The Morgan fingerprint density at radius 1 is 0.871 bits per heavy atom. The second-order valence-electron chi connectivity index (χ2n) is 8.11. The molecule has 0 aromatic heterocycles. The minimum atomic E-state index is -0.470. The summed E-state index contributed by atoms with van der Waals surface area (Å²) in [7, 11) is 0. The number of allylic oxidation sites excluding steroid dienone is 5. The smallest absolute Gasteiger partial charge is 0.271 e. The first-order valence-corrected chi connectivity index (χ1v) is 11.5. The van der Waals surface area contributed by atoms with E-state index in [9.17, 15) is 14.9 Å². The Kier molecular flexibility index (Phi) is 10.0. The third kappa shape index (κ3) is 6.82. The van der Waals surface area contributed by atoms with E-state index in [1.165, 1.54) is 30.6 Å². The standard InChI is InChI=1S/C26H35N3O2/c1-4-6-8-10-16-28-18-14-22(15-19-28)12-13-23-21(3)24(20-27)26(31)29(25(23)30)17-11-9-7-5-2/h12-15,18-19H,4-11,16-17H2,1-3H3/b23-13-. The summed E-state index contributed by atoms with van der Waals surface area (Å²) in [5, 5.41) is 9.48. The second kappa shape index (κ2) is 12.7.